The maximum Gasteiger partial charge on any atom is 0.341 e. The maximum absolute atomic E-state index is 12.8. The van der Waals surface area contributed by atoms with Crippen LogP contribution >= 0.6 is 0 Å². The molecule has 1 aromatic carbocycles. The lowest BCUT2D eigenvalue weighted by Gasteiger charge is -2.18. The van der Waals surface area contributed by atoms with Crippen molar-refractivity contribution in [3.05, 3.63) is 34.1 Å². The topological polar surface area (TPSA) is 123 Å². The van der Waals surface area contributed by atoms with Crippen LogP contribution in [0.3, 0.4) is 0 Å². The number of aromatic nitrogens is 1. The van der Waals surface area contributed by atoms with Gasteiger partial charge in [-0.1, -0.05) is 0 Å². The zero-order valence-electron chi connectivity index (χ0n) is 17.9. The van der Waals surface area contributed by atoms with Crippen LogP contribution in [0.15, 0.2) is 23.1 Å². The van der Waals surface area contributed by atoms with E-state index in [9.17, 15) is 14.7 Å². The summed E-state index contributed by atoms with van der Waals surface area (Å²) in [6.45, 7) is 4.56. The molecule has 1 aliphatic carbocycles. The summed E-state index contributed by atoms with van der Waals surface area (Å²) >= 11 is 0. The number of hydrogen-bond donors (Lipinski definition) is 2. The van der Waals surface area contributed by atoms with Crippen molar-refractivity contribution in [3.8, 4) is 11.8 Å². The van der Waals surface area contributed by atoms with Gasteiger partial charge in [-0.05, 0) is 32.8 Å². The molecule has 1 fully saturated rings. The minimum Gasteiger partial charge on any atom is -0.495 e. The molecule has 3 rings (SSSR count). The van der Waals surface area contributed by atoms with Gasteiger partial charge in [-0.3, -0.25) is 4.79 Å². The van der Waals surface area contributed by atoms with E-state index in [-0.39, 0.29) is 17.5 Å². The molecule has 2 N–H and O–H groups in total. The van der Waals surface area contributed by atoms with E-state index >= 15 is 0 Å². The van der Waals surface area contributed by atoms with Gasteiger partial charge in [0, 0.05) is 30.2 Å². The van der Waals surface area contributed by atoms with Gasteiger partial charge >= 0.3 is 5.97 Å². The molecular weight excluding hydrogens is 402 g/mol. The van der Waals surface area contributed by atoms with Crippen LogP contribution in [0.1, 0.15) is 43.1 Å². The van der Waals surface area contributed by atoms with Gasteiger partial charge in [-0.25, -0.2) is 4.79 Å². The number of fused-ring (bicyclic) bond motifs is 1. The van der Waals surface area contributed by atoms with E-state index in [2.05, 4.69) is 11.4 Å². The third kappa shape index (κ3) is 5.34. The van der Waals surface area contributed by atoms with Gasteiger partial charge in [0.15, 0.2) is 6.29 Å². The normalized spacial score (nSPS) is 15.3. The number of methoxy groups -OCH3 is 1. The summed E-state index contributed by atoms with van der Waals surface area (Å²) in [6, 6.07) is 5.69. The second-order valence-electron chi connectivity index (χ2n) is 7.61. The molecule has 1 aliphatic rings. The molecule has 31 heavy (non-hydrogen) atoms. The van der Waals surface area contributed by atoms with Crippen LogP contribution in [0.2, 0.25) is 0 Å². The van der Waals surface area contributed by atoms with Crippen molar-refractivity contribution in [3.63, 3.8) is 0 Å². The van der Waals surface area contributed by atoms with Crippen LogP contribution in [-0.4, -0.2) is 48.8 Å². The third-order valence-electron chi connectivity index (χ3n) is 5.10. The monoisotopic (exact) mass is 429 g/mol. The number of nitriles is 1. The van der Waals surface area contributed by atoms with Crippen LogP contribution in [-0.2, 0) is 9.47 Å². The van der Waals surface area contributed by atoms with E-state index in [1.54, 1.807) is 33.1 Å². The third-order valence-corrected chi connectivity index (χ3v) is 5.10. The highest BCUT2D eigenvalue weighted by atomic mass is 16.7. The molecule has 1 saturated carbocycles. The number of nitrogens with one attached hydrogen (secondary N) is 1. The Morgan fingerprint density at radius 3 is 2.71 bits per heavy atom. The van der Waals surface area contributed by atoms with E-state index in [0.717, 1.165) is 12.8 Å². The summed E-state index contributed by atoms with van der Waals surface area (Å²) in [5, 5.41) is 21.7. The number of rotatable bonds is 11. The number of ether oxygens (including phenoxy) is 3. The van der Waals surface area contributed by atoms with Gasteiger partial charge in [-0.15, -0.1) is 0 Å². The Morgan fingerprint density at radius 2 is 2.10 bits per heavy atom. The number of pyridine rings is 1. The second kappa shape index (κ2) is 9.81. The molecule has 0 amide bonds. The predicted molar refractivity (Wildman–Crippen MR) is 115 cm³/mol. The number of benzene rings is 1. The molecule has 2 aromatic rings. The van der Waals surface area contributed by atoms with Gasteiger partial charge < -0.3 is 29.2 Å². The van der Waals surface area contributed by atoms with Crippen molar-refractivity contribution < 1.29 is 24.1 Å². The quantitative estimate of drug-likeness (QED) is 0.413. The van der Waals surface area contributed by atoms with E-state index in [0.29, 0.717) is 42.1 Å². The average molecular weight is 429 g/mol. The van der Waals surface area contributed by atoms with E-state index in [4.69, 9.17) is 19.5 Å². The highest BCUT2D eigenvalue weighted by molar-refractivity contribution is 5.94. The zero-order valence-corrected chi connectivity index (χ0v) is 17.9. The Labute approximate surface area is 180 Å². The molecule has 9 heteroatoms. The smallest absolute Gasteiger partial charge is 0.341 e. The lowest BCUT2D eigenvalue weighted by molar-refractivity contribution is -0.131. The van der Waals surface area contributed by atoms with Crippen molar-refractivity contribution in [2.24, 2.45) is 5.92 Å². The first kappa shape index (κ1) is 22.6. The summed E-state index contributed by atoms with van der Waals surface area (Å²) in [4.78, 5) is 24.3. The first-order valence-electron chi connectivity index (χ1n) is 10.2. The second-order valence-corrected chi connectivity index (χ2v) is 7.61. The lowest BCUT2D eigenvalue weighted by Crippen LogP contribution is -2.21. The van der Waals surface area contributed by atoms with Gasteiger partial charge in [-0.2, -0.15) is 5.26 Å². The highest BCUT2D eigenvalue weighted by Crippen LogP contribution is 2.39. The molecule has 2 unspecified atom stereocenters. The van der Waals surface area contributed by atoms with Gasteiger partial charge in [0.05, 0.1) is 43.5 Å². The van der Waals surface area contributed by atoms with Crippen molar-refractivity contribution in [1.82, 2.24) is 4.57 Å². The molecular formula is C22H27N3O6. The molecule has 0 radical (unpaired) electrons. The van der Waals surface area contributed by atoms with Crippen molar-refractivity contribution in [1.29, 1.82) is 5.26 Å². The van der Waals surface area contributed by atoms with Crippen LogP contribution in [0, 0.1) is 17.2 Å². The SMILES string of the molecule is COc1cc2c(cc1NCCOC(C)OCC(C)C#N)c(=O)c(C(=O)O)cn2C1CC1. The maximum atomic E-state index is 12.8. The number of aromatic carboxylic acids is 1. The minimum absolute atomic E-state index is 0.198. The van der Waals surface area contributed by atoms with Crippen LogP contribution in [0.5, 0.6) is 5.75 Å². The standard InChI is InChI=1S/C22H27N3O6/c1-13(10-23)12-31-14(2)30-7-6-24-18-8-16-19(9-20(18)29-3)25(15-4-5-15)11-17(21(16)26)22(27)28/h8-9,11,13-15,24H,4-7,12H2,1-3H3,(H,27,28). The number of carboxylic acid groups (broad SMARTS) is 1. The molecule has 2 atom stereocenters. The summed E-state index contributed by atoms with van der Waals surface area (Å²) in [5.41, 5.74) is 0.475. The number of carboxylic acids is 1. The Kier molecular flexibility index (Phi) is 7.15. The fraction of sp³-hybridized carbons (Fsp3) is 0.500. The molecule has 0 bridgehead atoms. The number of hydrogen-bond acceptors (Lipinski definition) is 7. The zero-order chi connectivity index (χ0) is 22.5. The van der Waals surface area contributed by atoms with Crippen LogP contribution in [0.4, 0.5) is 5.69 Å². The number of anilines is 1. The van der Waals surface area contributed by atoms with Crippen molar-refractivity contribution >= 4 is 22.6 Å². The minimum atomic E-state index is -1.24. The fourth-order valence-electron chi connectivity index (χ4n) is 3.27. The summed E-state index contributed by atoms with van der Waals surface area (Å²) in [6.07, 6.45) is 2.87. The van der Waals surface area contributed by atoms with Gasteiger partial charge in [0.2, 0.25) is 5.43 Å². The Balaban J connectivity index is 1.76. The van der Waals surface area contributed by atoms with Crippen molar-refractivity contribution in [2.45, 2.75) is 39.0 Å². The predicted octanol–water partition coefficient (Wildman–Crippen LogP) is 2.99. The van der Waals surface area contributed by atoms with Gasteiger partial charge in [0.1, 0.15) is 11.3 Å². The first-order chi connectivity index (χ1) is 14.8. The van der Waals surface area contributed by atoms with Gasteiger partial charge in [0.25, 0.3) is 0 Å². The molecule has 0 aliphatic heterocycles. The van der Waals surface area contributed by atoms with Crippen LogP contribution < -0.4 is 15.5 Å². The van der Waals surface area contributed by atoms with E-state index in [1.807, 2.05) is 4.57 Å². The highest BCUT2D eigenvalue weighted by Gasteiger charge is 2.27. The Morgan fingerprint density at radius 1 is 1.35 bits per heavy atom. The first-order valence-corrected chi connectivity index (χ1v) is 10.2. The number of carbonyl (C=O) groups is 1. The fourth-order valence-corrected chi connectivity index (χ4v) is 3.27. The summed E-state index contributed by atoms with van der Waals surface area (Å²) in [7, 11) is 1.54. The molecule has 9 nitrogen and oxygen atoms in total. The Bertz CT molecular complexity index is 1050. The summed E-state index contributed by atoms with van der Waals surface area (Å²) in [5.74, 6) is -0.891. The van der Waals surface area contributed by atoms with Crippen LogP contribution in [0.25, 0.3) is 10.9 Å². The number of nitrogens with zero attached hydrogens (tertiary/aromatic N) is 2. The molecule has 1 heterocycles. The average Bonchev–Trinajstić information content (AvgIpc) is 3.59. The Hall–Kier alpha value is -3.09. The molecule has 1 aromatic heterocycles. The lowest BCUT2D eigenvalue weighted by atomic mass is 10.1. The molecule has 166 valence electrons. The van der Waals surface area contributed by atoms with E-state index < -0.39 is 17.7 Å². The summed E-state index contributed by atoms with van der Waals surface area (Å²) < 4.78 is 18.4. The van der Waals surface area contributed by atoms with Crippen molar-refractivity contribution in [2.75, 3.05) is 32.2 Å². The largest absolute Gasteiger partial charge is 0.495 e. The molecule has 0 spiro atoms. The van der Waals surface area contributed by atoms with E-state index in [1.165, 1.54) is 6.20 Å². The molecule has 0 saturated heterocycles.